The number of ether oxygens (including phenoxy) is 1. The van der Waals surface area contributed by atoms with Crippen LogP contribution in [0.5, 0.6) is 0 Å². The van der Waals surface area contributed by atoms with Crippen molar-refractivity contribution < 1.29 is 48.6 Å². The van der Waals surface area contributed by atoms with Crippen LogP contribution in [-0.4, -0.2) is 97.7 Å². The molecule has 2 aliphatic rings. The molecule has 0 saturated carbocycles. The number of thiazole rings is 1. The summed E-state index contributed by atoms with van der Waals surface area (Å²) in [6.45, 7) is -0.0125. The third-order valence-electron chi connectivity index (χ3n) is 4.66. The Balaban J connectivity index is 1.79. The minimum absolute atomic E-state index is 0.0738. The maximum absolute atomic E-state index is 13.0. The molecule has 2 atom stereocenters. The molecule has 18 heteroatoms. The number of β-lactam (4-membered cyclic amide) rings is 1. The van der Waals surface area contributed by atoms with Crippen molar-refractivity contribution in [3.8, 4) is 0 Å². The third kappa shape index (κ3) is 6.55. The minimum Gasteiger partial charge on any atom is -0.479 e. The van der Waals surface area contributed by atoms with E-state index in [9.17, 15) is 33.9 Å². The number of carbonyl (C=O) groups excluding carboxylic acids is 4. The van der Waals surface area contributed by atoms with Crippen molar-refractivity contribution in [2.24, 2.45) is 5.16 Å². The molecule has 198 valence electrons. The SMILES string of the molecule is CC(=O)OCC1=C(C(=O)O)N2C(=O)[C@@H](NC(=O)C(=NOCC(=O)O)c3csc(NC(=O)CCl)n3)[C@H]2SC1. The van der Waals surface area contributed by atoms with Crippen molar-refractivity contribution in [3.05, 3.63) is 22.3 Å². The summed E-state index contributed by atoms with van der Waals surface area (Å²) in [6.07, 6.45) is 0. The van der Waals surface area contributed by atoms with E-state index in [-0.39, 0.29) is 40.3 Å². The number of thioether (sulfide) groups is 1. The molecule has 2 aliphatic heterocycles. The van der Waals surface area contributed by atoms with Crippen molar-refractivity contribution >= 4 is 81.2 Å². The molecule has 1 aromatic heterocycles. The highest BCUT2D eigenvalue weighted by Gasteiger charge is 2.54. The third-order valence-corrected chi connectivity index (χ3v) is 7.00. The highest BCUT2D eigenvalue weighted by Crippen LogP contribution is 2.40. The van der Waals surface area contributed by atoms with Gasteiger partial charge in [0.15, 0.2) is 10.8 Å². The van der Waals surface area contributed by atoms with Crippen molar-refractivity contribution in [2.45, 2.75) is 18.3 Å². The van der Waals surface area contributed by atoms with Crippen LogP contribution in [0.2, 0.25) is 0 Å². The van der Waals surface area contributed by atoms with Crippen LogP contribution in [-0.2, 0) is 38.3 Å². The van der Waals surface area contributed by atoms with Gasteiger partial charge >= 0.3 is 17.9 Å². The number of fused-ring (bicyclic) bond motifs is 1. The van der Waals surface area contributed by atoms with Gasteiger partial charge in [-0.3, -0.25) is 24.1 Å². The van der Waals surface area contributed by atoms with Crippen LogP contribution in [0.15, 0.2) is 21.8 Å². The number of halogens is 1. The van der Waals surface area contributed by atoms with Gasteiger partial charge in [-0.05, 0) is 0 Å². The van der Waals surface area contributed by atoms with Gasteiger partial charge in [0.2, 0.25) is 12.5 Å². The lowest BCUT2D eigenvalue weighted by Gasteiger charge is -2.49. The number of carboxylic acids is 2. The Morgan fingerprint density at radius 2 is 2.03 bits per heavy atom. The fourth-order valence-corrected chi connectivity index (χ4v) is 5.25. The number of aliphatic carboxylic acids is 2. The maximum Gasteiger partial charge on any atom is 0.352 e. The second-order valence-electron chi connectivity index (χ2n) is 7.23. The summed E-state index contributed by atoms with van der Waals surface area (Å²) in [5.74, 6) is -5.85. The monoisotopic (exact) mass is 575 g/mol. The standard InChI is InChI=1S/C19H18ClN5O10S2/c1-7(26)34-3-8-5-36-17-13(16(31)25(17)14(8)18(32)33)23-15(30)12(24-35-4-11(28)29)9-6-37-19(21-9)22-10(27)2-20/h6,13,17H,2-5H2,1H3,(H,23,30)(H,28,29)(H,32,33)(H,21,22,27)/t13-,17-/m1/s1. The maximum atomic E-state index is 13.0. The quantitative estimate of drug-likeness (QED) is 0.0857. The number of aromatic nitrogens is 1. The minimum atomic E-state index is -1.40. The number of hydrogen-bond acceptors (Lipinski definition) is 12. The Morgan fingerprint density at radius 3 is 2.65 bits per heavy atom. The molecule has 3 amide bonds. The molecule has 0 bridgehead atoms. The first-order valence-corrected chi connectivity index (χ1v) is 12.6. The van der Waals surface area contributed by atoms with Crippen LogP contribution in [0.1, 0.15) is 12.6 Å². The molecular weight excluding hydrogens is 558 g/mol. The van der Waals surface area contributed by atoms with E-state index in [0.717, 1.165) is 34.9 Å². The van der Waals surface area contributed by atoms with Crippen LogP contribution in [0, 0.1) is 0 Å². The summed E-state index contributed by atoms with van der Waals surface area (Å²) in [5, 5.41) is 27.4. The van der Waals surface area contributed by atoms with Crippen LogP contribution in [0.25, 0.3) is 0 Å². The number of esters is 1. The fourth-order valence-electron chi connectivity index (χ4n) is 3.14. The molecular formula is C19H18ClN5O10S2. The normalized spacial score (nSPS) is 18.9. The van der Waals surface area contributed by atoms with E-state index in [2.05, 4.69) is 25.6 Å². The summed E-state index contributed by atoms with van der Waals surface area (Å²) in [5.41, 5.74) is -0.688. The van der Waals surface area contributed by atoms with E-state index < -0.39 is 59.4 Å². The van der Waals surface area contributed by atoms with Gasteiger partial charge in [-0.15, -0.1) is 34.7 Å². The number of nitrogens with zero attached hydrogens (tertiary/aromatic N) is 3. The van der Waals surface area contributed by atoms with Gasteiger partial charge in [0, 0.05) is 23.6 Å². The number of hydrogen-bond donors (Lipinski definition) is 4. The van der Waals surface area contributed by atoms with Crippen LogP contribution < -0.4 is 10.6 Å². The number of nitrogens with one attached hydrogen (secondary N) is 2. The van der Waals surface area contributed by atoms with Crippen LogP contribution in [0.4, 0.5) is 5.13 Å². The van der Waals surface area contributed by atoms with Gasteiger partial charge in [0.1, 0.15) is 35.3 Å². The number of carboxylic acid groups (broad SMARTS) is 2. The topological polar surface area (TPSA) is 214 Å². The van der Waals surface area contributed by atoms with Crippen LogP contribution in [0.3, 0.4) is 0 Å². The molecule has 4 N–H and O–H groups in total. The van der Waals surface area contributed by atoms with Gasteiger partial charge in [0.05, 0.1) is 0 Å². The highest BCUT2D eigenvalue weighted by molar-refractivity contribution is 8.00. The van der Waals surface area contributed by atoms with E-state index >= 15 is 0 Å². The molecule has 0 radical (unpaired) electrons. The molecule has 1 saturated heterocycles. The van der Waals surface area contributed by atoms with Gasteiger partial charge < -0.3 is 30.4 Å². The second kappa shape index (κ2) is 12.0. The van der Waals surface area contributed by atoms with Crippen LogP contribution >= 0.6 is 34.7 Å². The Labute approximate surface area is 220 Å². The molecule has 0 unspecified atom stereocenters. The smallest absolute Gasteiger partial charge is 0.352 e. The zero-order chi connectivity index (χ0) is 27.3. The molecule has 0 aliphatic carbocycles. The molecule has 37 heavy (non-hydrogen) atoms. The van der Waals surface area contributed by atoms with E-state index in [1.165, 1.54) is 5.38 Å². The Morgan fingerprint density at radius 1 is 1.30 bits per heavy atom. The number of amides is 3. The molecule has 3 rings (SSSR count). The number of anilines is 1. The van der Waals surface area contributed by atoms with Gasteiger partial charge in [0.25, 0.3) is 11.8 Å². The molecule has 1 aromatic rings. The first-order chi connectivity index (χ1) is 17.5. The zero-order valence-electron chi connectivity index (χ0n) is 18.8. The lowest BCUT2D eigenvalue weighted by Crippen LogP contribution is -2.71. The Kier molecular flexibility index (Phi) is 9.06. The molecule has 3 heterocycles. The fraction of sp³-hybridized carbons (Fsp3) is 0.368. The molecule has 15 nitrogen and oxygen atoms in total. The first kappa shape index (κ1) is 27.9. The Hall–Kier alpha value is -3.70. The van der Waals surface area contributed by atoms with E-state index in [1.807, 2.05) is 0 Å². The summed E-state index contributed by atoms with van der Waals surface area (Å²) in [6, 6.07) is -1.15. The first-order valence-electron chi connectivity index (χ1n) is 10.1. The Bertz CT molecular complexity index is 1220. The highest BCUT2D eigenvalue weighted by atomic mass is 35.5. The number of carbonyl (C=O) groups is 6. The van der Waals surface area contributed by atoms with Crippen molar-refractivity contribution in [2.75, 3.05) is 30.2 Å². The molecule has 0 aromatic carbocycles. The van der Waals surface area contributed by atoms with E-state index in [0.29, 0.717) is 0 Å². The summed E-state index contributed by atoms with van der Waals surface area (Å²) in [4.78, 5) is 80.7. The lowest BCUT2D eigenvalue weighted by atomic mass is 10.0. The number of rotatable bonds is 11. The van der Waals surface area contributed by atoms with E-state index in [1.54, 1.807) is 0 Å². The average molecular weight is 576 g/mol. The number of alkyl halides is 1. The van der Waals surface area contributed by atoms with Gasteiger partial charge in [-0.2, -0.15) is 0 Å². The summed E-state index contributed by atoms with van der Waals surface area (Å²) < 4.78 is 4.87. The summed E-state index contributed by atoms with van der Waals surface area (Å²) >= 11 is 7.51. The largest absolute Gasteiger partial charge is 0.479 e. The van der Waals surface area contributed by atoms with Crippen molar-refractivity contribution in [1.29, 1.82) is 0 Å². The second-order valence-corrected chi connectivity index (χ2v) is 9.46. The summed E-state index contributed by atoms with van der Waals surface area (Å²) in [7, 11) is 0. The lowest BCUT2D eigenvalue weighted by molar-refractivity contribution is -0.150. The molecule has 1 fully saturated rings. The van der Waals surface area contributed by atoms with Gasteiger partial charge in [-0.25, -0.2) is 14.6 Å². The molecule has 0 spiro atoms. The predicted octanol–water partition coefficient (Wildman–Crippen LogP) is -0.573. The average Bonchev–Trinajstić information content (AvgIpc) is 3.30. The number of oxime groups is 1. The zero-order valence-corrected chi connectivity index (χ0v) is 21.1. The van der Waals surface area contributed by atoms with Crippen molar-refractivity contribution in [1.82, 2.24) is 15.2 Å². The van der Waals surface area contributed by atoms with Crippen molar-refractivity contribution in [3.63, 3.8) is 0 Å². The predicted molar refractivity (Wildman–Crippen MR) is 128 cm³/mol. The van der Waals surface area contributed by atoms with E-state index in [4.69, 9.17) is 21.4 Å². The van der Waals surface area contributed by atoms with Gasteiger partial charge in [-0.1, -0.05) is 5.16 Å².